The standard InChI is InChI=1S/C28H35ClN6O3/c1-7-11-21-12-9-10-13-23(21)37-14-15-38-27-22(29)16-20(17-24(27)36-8-2)19-30-33-25-18-26(34(3)4)32-28(31-25)35(5)6/h7,9-10,12-13,16-19H,1,8,11,14-15H2,2-6H3,(H,31,32,33)/b30-19-. The number of nitrogens with one attached hydrogen (secondary N) is 1. The van der Waals surface area contributed by atoms with Gasteiger partial charge in [-0.3, -0.25) is 5.43 Å². The van der Waals surface area contributed by atoms with Crippen LogP contribution in [0.25, 0.3) is 0 Å². The Morgan fingerprint density at radius 3 is 2.45 bits per heavy atom. The van der Waals surface area contributed by atoms with E-state index in [2.05, 4.69) is 27.1 Å². The third kappa shape index (κ3) is 8.01. The Bertz CT molecular complexity index is 1220. The molecule has 2 aromatic carbocycles. The maximum absolute atomic E-state index is 6.57. The second-order valence-corrected chi connectivity index (χ2v) is 9.04. The highest BCUT2D eigenvalue weighted by molar-refractivity contribution is 6.32. The van der Waals surface area contributed by atoms with Gasteiger partial charge < -0.3 is 24.0 Å². The molecule has 0 atom stereocenters. The molecular weight excluding hydrogens is 504 g/mol. The number of hydrogen-bond acceptors (Lipinski definition) is 9. The molecule has 0 bridgehead atoms. The van der Waals surface area contributed by atoms with Crippen molar-refractivity contribution in [3.05, 3.63) is 71.3 Å². The molecule has 0 aliphatic heterocycles. The Kier molecular flexibility index (Phi) is 10.6. The third-order valence-corrected chi connectivity index (χ3v) is 5.49. The van der Waals surface area contributed by atoms with Gasteiger partial charge in [-0.1, -0.05) is 35.9 Å². The van der Waals surface area contributed by atoms with Gasteiger partial charge in [0.25, 0.3) is 0 Å². The summed E-state index contributed by atoms with van der Waals surface area (Å²) >= 11 is 6.57. The van der Waals surface area contributed by atoms with Crippen LogP contribution in [0.3, 0.4) is 0 Å². The molecule has 38 heavy (non-hydrogen) atoms. The molecule has 0 spiro atoms. The van der Waals surface area contributed by atoms with E-state index < -0.39 is 0 Å². The topological polar surface area (TPSA) is 84.3 Å². The summed E-state index contributed by atoms with van der Waals surface area (Å²) in [6.45, 7) is 6.81. The predicted octanol–water partition coefficient (Wildman–Crippen LogP) is 5.29. The molecule has 0 unspecified atom stereocenters. The van der Waals surface area contributed by atoms with Crippen LogP contribution in [0.1, 0.15) is 18.1 Å². The summed E-state index contributed by atoms with van der Waals surface area (Å²) in [4.78, 5) is 12.7. The molecule has 1 aromatic heterocycles. The van der Waals surface area contributed by atoms with Gasteiger partial charge in [-0.2, -0.15) is 15.1 Å². The molecule has 0 fully saturated rings. The summed E-state index contributed by atoms with van der Waals surface area (Å²) in [6.07, 6.45) is 4.23. The number of allylic oxidation sites excluding steroid dienone is 1. The Hall–Kier alpha value is -3.98. The van der Waals surface area contributed by atoms with E-state index in [0.717, 1.165) is 29.1 Å². The van der Waals surface area contributed by atoms with Gasteiger partial charge in [0.05, 0.1) is 17.8 Å². The number of para-hydroxylation sites is 1. The lowest BCUT2D eigenvalue weighted by molar-refractivity contribution is 0.207. The molecule has 0 amide bonds. The Morgan fingerprint density at radius 1 is 0.974 bits per heavy atom. The Balaban J connectivity index is 1.68. The average molecular weight is 539 g/mol. The second-order valence-electron chi connectivity index (χ2n) is 8.63. The fourth-order valence-electron chi connectivity index (χ4n) is 3.41. The van der Waals surface area contributed by atoms with Crippen LogP contribution in [-0.2, 0) is 6.42 Å². The molecule has 3 rings (SSSR count). The van der Waals surface area contributed by atoms with Gasteiger partial charge in [0.1, 0.15) is 24.8 Å². The van der Waals surface area contributed by atoms with Crippen LogP contribution in [0.5, 0.6) is 17.2 Å². The van der Waals surface area contributed by atoms with Crippen LogP contribution >= 0.6 is 11.6 Å². The minimum Gasteiger partial charge on any atom is -0.490 e. The number of halogens is 1. The zero-order valence-electron chi connectivity index (χ0n) is 22.6. The number of hydrazone groups is 1. The van der Waals surface area contributed by atoms with Crippen LogP contribution in [0.15, 0.2) is 60.2 Å². The average Bonchev–Trinajstić information content (AvgIpc) is 2.88. The first-order valence-electron chi connectivity index (χ1n) is 12.3. The van der Waals surface area contributed by atoms with E-state index in [0.29, 0.717) is 48.1 Å². The van der Waals surface area contributed by atoms with E-state index in [1.807, 2.05) is 87.4 Å². The minimum atomic E-state index is 0.299. The molecule has 10 heteroatoms. The van der Waals surface area contributed by atoms with Crippen LogP contribution < -0.4 is 29.4 Å². The zero-order chi connectivity index (χ0) is 27.5. The Morgan fingerprint density at radius 2 is 1.74 bits per heavy atom. The van der Waals surface area contributed by atoms with Crippen molar-refractivity contribution in [2.24, 2.45) is 5.10 Å². The summed E-state index contributed by atoms with van der Waals surface area (Å²) in [7, 11) is 7.61. The first kappa shape index (κ1) is 28.6. The van der Waals surface area contributed by atoms with Gasteiger partial charge in [0.2, 0.25) is 5.95 Å². The molecule has 1 heterocycles. The summed E-state index contributed by atoms with van der Waals surface area (Å²) in [5, 5.41) is 4.75. The minimum absolute atomic E-state index is 0.299. The van der Waals surface area contributed by atoms with E-state index in [9.17, 15) is 0 Å². The number of hydrogen-bond donors (Lipinski definition) is 1. The summed E-state index contributed by atoms with van der Waals surface area (Å²) in [5.74, 6) is 3.70. The molecule has 0 aliphatic carbocycles. The highest BCUT2D eigenvalue weighted by Crippen LogP contribution is 2.36. The highest BCUT2D eigenvalue weighted by Gasteiger charge is 2.13. The summed E-state index contributed by atoms with van der Waals surface area (Å²) in [5.41, 5.74) is 4.78. The Labute approximate surface area is 229 Å². The van der Waals surface area contributed by atoms with Crippen molar-refractivity contribution in [3.63, 3.8) is 0 Å². The quantitative estimate of drug-likeness (QED) is 0.128. The largest absolute Gasteiger partial charge is 0.490 e. The monoisotopic (exact) mass is 538 g/mol. The second kappa shape index (κ2) is 14.1. The fourth-order valence-corrected chi connectivity index (χ4v) is 3.68. The number of ether oxygens (including phenoxy) is 3. The van der Waals surface area contributed by atoms with Gasteiger partial charge in [-0.25, -0.2) is 0 Å². The van der Waals surface area contributed by atoms with Crippen molar-refractivity contribution in [2.75, 3.05) is 63.2 Å². The van der Waals surface area contributed by atoms with Crippen LogP contribution in [0.4, 0.5) is 17.6 Å². The first-order chi connectivity index (χ1) is 18.3. The molecule has 3 aromatic rings. The lowest BCUT2D eigenvalue weighted by Gasteiger charge is -2.17. The molecule has 0 radical (unpaired) electrons. The maximum atomic E-state index is 6.57. The normalized spacial score (nSPS) is 10.8. The fraction of sp³-hybridized carbons (Fsp3) is 0.321. The number of aromatic nitrogens is 2. The highest BCUT2D eigenvalue weighted by atomic mass is 35.5. The molecule has 202 valence electrons. The predicted molar refractivity (Wildman–Crippen MR) is 156 cm³/mol. The molecular formula is C28H35ClN6O3. The van der Waals surface area contributed by atoms with Gasteiger partial charge in [-0.15, -0.1) is 6.58 Å². The smallest absolute Gasteiger partial charge is 0.228 e. The molecule has 0 saturated heterocycles. The first-order valence-corrected chi connectivity index (χ1v) is 12.6. The lowest BCUT2D eigenvalue weighted by atomic mass is 10.1. The van der Waals surface area contributed by atoms with Gasteiger partial charge >= 0.3 is 0 Å². The van der Waals surface area contributed by atoms with E-state index in [1.165, 1.54) is 0 Å². The molecule has 0 aliphatic rings. The van der Waals surface area contributed by atoms with E-state index in [-0.39, 0.29) is 0 Å². The van der Waals surface area contributed by atoms with Gasteiger partial charge in [0.15, 0.2) is 17.3 Å². The summed E-state index contributed by atoms with van der Waals surface area (Å²) < 4.78 is 17.7. The van der Waals surface area contributed by atoms with Crippen molar-refractivity contribution in [1.82, 2.24) is 9.97 Å². The van der Waals surface area contributed by atoms with E-state index in [4.69, 9.17) is 25.8 Å². The van der Waals surface area contributed by atoms with Crippen LogP contribution in [0, 0.1) is 0 Å². The molecule has 1 N–H and O–H groups in total. The van der Waals surface area contributed by atoms with Gasteiger partial charge in [0, 0.05) is 34.3 Å². The van der Waals surface area contributed by atoms with Crippen molar-refractivity contribution >= 4 is 35.4 Å². The van der Waals surface area contributed by atoms with E-state index >= 15 is 0 Å². The van der Waals surface area contributed by atoms with Crippen molar-refractivity contribution in [2.45, 2.75) is 13.3 Å². The number of rotatable bonds is 14. The van der Waals surface area contributed by atoms with Crippen molar-refractivity contribution in [3.8, 4) is 17.2 Å². The third-order valence-electron chi connectivity index (χ3n) is 5.21. The number of benzene rings is 2. The lowest BCUT2D eigenvalue weighted by Crippen LogP contribution is -2.17. The van der Waals surface area contributed by atoms with Crippen LogP contribution in [-0.4, -0.2) is 64.2 Å². The van der Waals surface area contributed by atoms with Crippen molar-refractivity contribution < 1.29 is 14.2 Å². The maximum Gasteiger partial charge on any atom is 0.228 e. The van der Waals surface area contributed by atoms with Crippen LogP contribution in [0.2, 0.25) is 5.02 Å². The number of anilines is 3. The van der Waals surface area contributed by atoms with Gasteiger partial charge in [-0.05, 0) is 42.7 Å². The molecule has 0 saturated carbocycles. The molecule has 9 nitrogen and oxygen atoms in total. The zero-order valence-corrected chi connectivity index (χ0v) is 23.3. The summed E-state index contributed by atoms with van der Waals surface area (Å²) in [6, 6.07) is 13.3. The van der Waals surface area contributed by atoms with Crippen molar-refractivity contribution in [1.29, 1.82) is 0 Å². The number of nitrogens with zero attached hydrogens (tertiary/aromatic N) is 5. The SMILES string of the molecule is C=CCc1ccccc1OCCOc1c(Cl)cc(/C=N\Nc2cc(N(C)C)nc(N(C)C)n2)cc1OCC. The van der Waals surface area contributed by atoms with E-state index in [1.54, 1.807) is 12.3 Å².